The van der Waals surface area contributed by atoms with Crippen LogP contribution in [-0.2, 0) is 6.42 Å². The Balaban J connectivity index is 2.39. The van der Waals surface area contributed by atoms with Gasteiger partial charge < -0.3 is 10.1 Å². The Morgan fingerprint density at radius 3 is 3.08 bits per heavy atom. The van der Waals surface area contributed by atoms with Crippen LogP contribution in [0.3, 0.4) is 0 Å². The third-order valence-electron chi connectivity index (χ3n) is 2.58. The molecule has 1 heterocycles. The summed E-state index contributed by atoms with van der Waals surface area (Å²) in [6.45, 7) is 2.21. The molecule has 70 valence electrons. The van der Waals surface area contributed by atoms with Crippen LogP contribution in [0.4, 0.5) is 5.69 Å². The van der Waals surface area contributed by atoms with Crippen molar-refractivity contribution in [3.8, 4) is 5.75 Å². The SMILES string of the molecule is COc1cccc2c1CC[C@@H](C)N2. The zero-order chi connectivity index (χ0) is 9.26. The summed E-state index contributed by atoms with van der Waals surface area (Å²) in [7, 11) is 1.73. The monoisotopic (exact) mass is 177 g/mol. The van der Waals surface area contributed by atoms with Gasteiger partial charge in [-0.05, 0) is 31.9 Å². The smallest absolute Gasteiger partial charge is 0.124 e. The zero-order valence-electron chi connectivity index (χ0n) is 8.13. The minimum atomic E-state index is 0.583. The van der Waals surface area contributed by atoms with Crippen LogP contribution in [0.2, 0.25) is 0 Å². The molecule has 0 spiro atoms. The van der Waals surface area contributed by atoms with Crippen molar-refractivity contribution in [2.45, 2.75) is 25.8 Å². The number of anilines is 1. The van der Waals surface area contributed by atoms with Crippen LogP contribution in [0.25, 0.3) is 0 Å². The minimum Gasteiger partial charge on any atom is -0.496 e. The van der Waals surface area contributed by atoms with E-state index >= 15 is 0 Å². The van der Waals surface area contributed by atoms with Gasteiger partial charge in [0.1, 0.15) is 5.75 Å². The molecular formula is C11H15NO. The second-order valence-corrected chi connectivity index (χ2v) is 3.57. The second-order valence-electron chi connectivity index (χ2n) is 3.57. The van der Waals surface area contributed by atoms with Gasteiger partial charge in [-0.1, -0.05) is 6.07 Å². The fourth-order valence-corrected chi connectivity index (χ4v) is 1.85. The molecule has 0 saturated heterocycles. The van der Waals surface area contributed by atoms with Crippen molar-refractivity contribution >= 4 is 5.69 Å². The maximum atomic E-state index is 5.31. The number of benzene rings is 1. The van der Waals surface area contributed by atoms with Gasteiger partial charge in [0.25, 0.3) is 0 Å². The van der Waals surface area contributed by atoms with Crippen molar-refractivity contribution in [3.63, 3.8) is 0 Å². The van der Waals surface area contributed by atoms with Crippen molar-refractivity contribution < 1.29 is 4.74 Å². The highest BCUT2D eigenvalue weighted by molar-refractivity contribution is 5.59. The van der Waals surface area contributed by atoms with Gasteiger partial charge in [0.15, 0.2) is 0 Å². The highest BCUT2D eigenvalue weighted by Crippen LogP contribution is 2.31. The van der Waals surface area contributed by atoms with Gasteiger partial charge in [-0.2, -0.15) is 0 Å². The highest BCUT2D eigenvalue weighted by atomic mass is 16.5. The molecule has 0 unspecified atom stereocenters. The second kappa shape index (κ2) is 3.29. The van der Waals surface area contributed by atoms with E-state index in [4.69, 9.17) is 4.74 Å². The van der Waals surface area contributed by atoms with E-state index in [1.165, 1.54) is 17.7 Å². The van der Waals surface area contributed by atoms with Crippen LogP contribution < -0.4 is 10.1 Å². The summed E-state index contributed by atoms with van der Waals surface area (Å²) in [5.41, 5.74) is 2.56. The summed E-state index contributed by atoms with van der Waals surface area (Å²) in [6.07, 6.45) is 2.31. The van der Waals surface area contributed by atoms with Gasteiger partial charge in [0.2, 0.25) is 0 Å². The van der Waals surface area contributed by atoms with Crippen LogP contribution in [0.15, 0.2) is 18.2 Å². The molecule has 1 atom stereocenters. The Morgan fingerprint density at radius 1 is 1.46 bits per heavy atom. The molecule has 2 rings (SSSR count). The topological polar surface area (TPSA) is 21.3 Å². The number of fused-ring (bicyclic) bond motifs is 1. The summed E-state index contributed by atoms with van der Waals surface area (Å²) >= 11 is 0. The van der Waals surface area contributed by atoms with Crippen LogP contribution in [-0.4, -0.2) is 13.2 Å². The quantitative estimate of drug-likeness (QED) is 0.711. The molecule has 2 heteroatoms. The molecule has 1 aromatic rings. The first-order valence-electron chi connectivity index (χ1n) is 4.73. The minimum absolute atomic E-state index is 0.583. The number of ether oxygens (including phenoxy) is 1. The molecule has 0 fully saturated rings. The third kappa shape index (κ3) is 1.48. The summed E-state index contributed by atoms with van der Waals surface area (Å²) in [5, 5.41) is 3.45. The zero-order valence-corrected chi connectivity index (χ0v) is 8.13. The van der Waals surface area contributed by atoms with Crippen molar-refractivity contribution in [1.29, 1.82) is 0 Å². The summed E-state index contributed by atoms with van der Waals surface area (Å²) in [4.78, 5) is 0. The molecule has 0 aliphatic carbocycles. The maximum absolute atomic E-state index is 5.31. The lowest BCUT2D eigenvalue weighted by Gasteiger charge is -2.25. The summed E-state index contributed by atoms with van der Waals surface area (Å²) in [5.74, 6) is 1.01. The first-order valence-corrected chi connectivity index (χ1v) is 4.73. The molecule has 1 aliphatic heterocycles. The summed E-state index contributed by atoms with van der Waals surface area (Å²) in [6, 6.07) is 6.76. The lowest BCUT2D eigenvalue weighted by atomic mass is 9.98. The Hall–Kier alpha value is -1.18. The Kier molecular flexibility index (Phi) is 2.13. The van der Waals surface area contributed by atoms with Crippen molar-refractivity contribution in [1.82, 2.24) is 0 Å². The normalized spacial score (nSPS) is 20.3. The predicted octanol–water partition coefficient (Wildman–Crippen LogP) is 2.44. The average molecular weight is 177 g/mol. The number of nitrogens with one attached hydrogen (secondary N) is 1. The van der Waals surface area contributed by atoms with Crippen LogP contribution >= 0.6 is 0 Å². The van der Waals surface area contributed by atoms with Crippen LogP contribution in [0, 0.1) is 0 Å². The standard InChI is InChI=1S/C11H15NO/c1-8-6-7-9-10(12-8)4-3-5-11(9)13-2/h3-5,8,12H,6-7H2,1-2H3/t8-/m1/s1. The number of methoxy groups -OCH3 is 1. The fraction of sp³-hybridized carbons (Fsp3) is 0.455. The summed E-state index contributed by atoms with van der Waals surface area (Å²) < 4.78 is 5.31. The van der Waals surface area contributed by atoms with Gasteiger partial charge >= 0.3 is 0 Å². The molecule has 0 amide bonds. The van der Waals surface area contributed by atoms with E-state index in [0.29, 0.717) is 6.04 Å². The Morgan fingerprint density at radius 2 is 2.31 bits per heavy atom. The molecular weight excluding hydrogens is 162 g/mol. The van der Waals surface area contributed by atoms with Gasteiger partial charge in [-0.25, -0.2) is 0 Å². The van der Waals surface area contributed by atoms with Crippen LogP contribution in [0.1, 0.15) is 18.9 Å². The van der Waals surface area contributed by atoms with E-state index < -0.39 is 0 Å². The maximum Gasteiger partial charge on any atom is 0.124 e. The van der Waals surface area contributed by atoms with Gasteiger partial charge in [-0.15, -0.1) is 0 Å². The molecule has 0 saturated carbocycles. The highest BCUT2D eigenvalue weighted by Gasteiger charge is 2.16. The number of hydrogen-bond acceptors (Lipinski definition) is 2. The van der Waals surface area contributed by atoms with E-state index in [2.05, 4.69) is 18.3 Å². The van der Waals surface area contributed by atoms with Gasteiger partial charge in [0, 0.05) is 17.3 Å². The van der Waals surface area contributed by atoms with Crippen LogP contribution in [0.5, 0.6) is 5.75 Å². The van der Waals surface area contributed by atoms with Gasteiger partial charge in [-0.3, -0.25) is 0 Å². The van der Waals surface area contributed by atoms with E-state index in [1.54, 1.807) is 7.11 Å². The molecule has 1 N–H and O–H groups in total. The Bertz CT molecular complexity index is 309. The largest absolute Gasteiger partial charge is 0.496 e. The van der Waals surface area contributed by atoms with E-state index in [-0.39, 0.29) is 0 Å². The predicted molar refractivity (Wildman–Crippen MR) is 54.4 cm³/mol. The number of hydrogen-bond donors (Lipinski definition) is 1. The van der Waals surface area contributed by atoms with E-state index in [0.717, 1.165) is 12.2 Å². The third-order valence-corrected chi connectivity index (χ3v) is 2.58. The molecule has 0 bridgehead atoms. The lowest BCUT2D eigenvalue weighted by Crippen LogP contribution is -2.22. The molecule has 0 radical (unpaired) electrons. The first-order chi connectivity index (χ1) is 6.31. The average Bonchev–Trinajstić information content (AvgIpc) is 2.16. The molecule has 1 aromatic carbocycles. The van der Waals surface area contributed by atoms with Crippen molar-refractivity contribution in [3.05, 3.63) is 23.8 Å². The first kappa shape index (κ1) is 8.42. The molecule has 1 aliphatic rings. The lowest BCUT2D eigenvalue weighted by molar-refractivity contribution is 0.408. The molecule has 13 heavy (non-hydrogen) atoms. The molecule has 2 nitrogen and oxygen atoms in total. The molecule has 0 aromatic heterocycles. The Labute approximate surface area is 78.9 Å². The number of rotatable bonds is 1. The fourth-order valence-electron chi connectivity index (χ4n) is 1.85. The van der Waals surface area contributed by atoms with Gasteiger partial charge in [0.05, 0.1) is 7.11 Å². The van der Waals surface area contributed by atoms with Crippen molar-refractivity contribution in [2.75, 3.05) is 12.4 Å². The van der Waals surface area contributed by atoms with E-state index in [1.807, 2.05) is 12.1 Å². The van der Waals surface area contributed by atoms with E-state index in [9.17, 15) is 0 Å². The van der Waals surface area contributed by atoms with Crippen molar-refractivity contribution in [2.24, 2.45) is 0 Å².